The Morgan fingerprint density at radius 1 is 1.17 bits per heavy atom. The van der Waals surface area contributed by atoms with Gasteiger partial charge in [-0.05, 0) is 23.8 Å². The van der Waals surface area contributed by atoms with Gasteiger partial charge in [0.15, 0.2) is 0 Å². The molecule has 3 nitrogen and oxygen atoms in total. The molecule has 0 saturated heterocycles. The van der Waals surface area contributed by atoms with Gasteiger partial charge in [-0.3, -0.25) is 4.79 Å². The highest BCUT2D eigenvalue weighted by Crippen LogP contribution is 2.20. The van der Waals surface area contributed by atoms with E-state index in [-0.39, 0.29) is 5.91 Å². The van der Waals surface area contributed by atoms with Gasteiger partial charge in [0.25, 0.3) is 0 Å². The van der Waals surface area contributed by atoms with Crippen LogP contribution in [0.25, 0.3) is 10.9 Å². The van der Waals surface area contributed by atoms with Crippen molar-refractivity contribution < 1.29 is 4.79 Å². The van der Waals surface area contributed by atoms with Crippen molar-refractivity contribution in [3.63, 3.8) is 0 Å². The molecule has 0 atom stereocenters. The van der Waals surface area contributed by atoms with Crippen molar-refractivity contribution in [3.05, 3.63) is 70.9 Å². The zero-order valence-corrected chi connectivity index (χ0v) is 14.1. The molecule has 120 valence electrons. The Hall–Kier alpha value is -2.70. The number of hydrogen-bond acceptors (Lipinski definition) is 1. The summed E-state index contributed by atoms with van der Waals surface area (Å²) >= 11 is 6.04. The average molecular weight is 337 g/mol. The van der Waals surface area contributed by atoms with E-state index in [0.29, 0.717) is 18.0 Å². The van der Waals surface area contributed by atoms with Gasteiger partial charge in [-0.15, -0.1) is 0 Å². The number of hydrogen-bond donors (Lipinski definition) is 1. The SMILES string of the molecule is Cn1cc(CC(=O)NCC#Cc2ccccc2Cl)c2ccccc21. The fraction of sp³-hybridized carbons (Fsp3) is 0.150. The largest absolute Gasteiger partial charge is 0.350 e. The normalized spacial score (nSPS) is 10.2. The van der Waals surface area contributed by atoms with Gasteiger partial charge in [-0.25, -0.2) is 0 Å². The number of rotatable bonds is 3. The minimum absolute atomic E-state index is 0.0418. The van der Waals surface area contributed by atoms with Crippen LogP contribution in [0.3, 0.4) is 0 Å². The number of para-hydroxylation sites is 1. The maximum absolute atomic E-state index is 12.1. The molecule has 1 aromatic heterocycles. The molecular weight excluding hydrogens is 320 g/mol. The fourth-order valence-corrected chi connectivity index (χ4v) is 2.83. The predicted octanol–water partition coefficient (Wildman–Crippen LogP) is 3.54. The van der Waals surface area contributed by atoms with Gasteiger partial charge in [0.1, 0.15) is 0 Å². The lowest BCUT2D eigenvalue weighted by Crippen LogP contribution is -2.25. The predicted molar refractivity (Wildman–Crippen MR) is 98.0 cm³/mol. The van der Waals surface area contributed by atoms with Crippen LogP contribution in [0.2, 0.25) is 5.02 Å². The van der Waals surface area contributed by atoms with E-state index in [0.717, 1.165) is 22.0 Å². The van der Waals surface area contributed by atoms with Gasteiger partial charge in [0.2, 0.25) is 5.91 Å². The fourth-order valence-electron chi connectivity index (χ4n) is 2.65. The van der Waals surface area contributed by atoms with Crippen molar-refractivity contribution in [2.45, 2.75) is 6.42 Å². The molecule has 3 aromatic rings. The van der Waals surface area contributed by atoms with Crippen LogP contribution >= 0.6 is 11.6 Å². The van der Waals surface area contributed by atoms with E-state index in [9.17, 15) is 4.79 Å². The number of halogens is 1. The third-order valence-electron chi connectivity index (χ3n) is 3.80. The van der Waals surface area contributed by atoms with Gasteiger partial charge in [0, 0.05) is 29.7 Å². The molecular formula is C20H17ClN2O. The molecule has 0 unspecified atom stereocenters. The van der Waals surface area contributed by atoms with Crippen LogP contribution in [-0.2, 0) is 18.3 Å². The summed E-state index contributed by atoms with van der Waals surface area (Å²) in [6.07, 6.45) is 2.34. The second-order valence-corrected chi connectivity index (χ2v) is 5.92. The summed E-state index contributed by atoms with van der Waals surface area (Å²) in [5.74, 6) is 5.85. The first-order valence-corrected chi connectivity index (χ1v) is 8.06. The lowest BCUT2D eigenvalue weighted by Gasteiger charge is -2.00. The van der Waals surface area contributed by atoms with Crippen LogP contribution in [-0.4, -0.2) is 17.0 Å². The number of carbonyl (C=O) groups excluding carboxylic acids is 1. The number of aryl methyl sites for hydroxylation is 1. The molecule has 0 fully saturated rings. The summed E-state index contributed by atoms with van der Waals surface area (Å²) < 4.78 is 2.04. The molecule has 1 N–H and O–H groups in total. The summed E-state index contributed by atoms with van der Waals surface area (Å²) in [7, 11) is 1.98. The number of fused-ring (bicyclic) bond motifs is 1. The molecule has 0 saturated carbocycles. The van der Waals surface area contributed by atoms with Crippen molar-refractivity contribution in [2.24, 2.45) is 7.05 Å². The Morgan fingerprint density at radius 2 is 1.92 bits per heavy atom. The number of aromatic nitrogens is 1. The van der Waals surface area contributed by atoms with E-state index in [1.807, 2.05) is 60.3 Å². The van der Waals surface area contributed by atoms with Gasteiger partial charge in [0.05, 0.1) is 18.0 Å². The smallest absolute Gasteiger partial charge is 0.225 e. The number of amides is 1. The Morgan fingerprint density at radius 3 is 2.75 bits per heavy atom. The summed E-state index contributed by atoms with van der Waals surface area (Å²) in [5.41, 5.74) is 2.91. The zero-order chi connectivity index (χ0) is 16.9. The van der Waals surface area contributed by atoms with Gasteiger partial charge in [-0.1, -0.05) is 53.8 Å². The summed E-state index contributed by atoms with van der Waals surface area (Å²) in [6, 6.07) is 15.5. The van der Waals surface area contributed by atoms with Crippen LogP contribution in [0.15, 0.2) is 54.7 Å². The Bertz CT molecular complexity index is 947. The van der Waals surface area contributed by atoms with Crippen molar-refractivity contribution in [1.82, 2.24) is 9.88 Å². The van der Waals surface area contributed by atoms with Crippen molar-refractivity contribution in [1.29, 1.82) is 0 Å². The molecule has 0 spiro atoms. The van der Waals surface area contributed by atoms with Crippen LogP contribution in [0.1, 0.15) is 11.1 Å². The van der Waals surface area contributed by atoms with Crippen LogP contribution in [0.5, 0.6) is 0 Å². The molecule has 2 aromatic carbocycles. The first-order chi connectivity index (χ1) is 11.6. The molecule has 1 amide bonds. The lowest BCUT2D eigenvalue weighted by molar-refractivity contribution is -0.120. The molecule has 0 aliphatic rings. The van der Waals surface area contributed by atoms with E-state index < -0.39 is 0 Å². The second-order valence-electron chi connectivity index (χ2n) is 5.52. The van der Waals surface area contributed by atoms with Crippen molar-refractivity contribution in [3.8, 4) is 11.8 Å². The van der Waals surface area contributed by atoms with E-state index in [2.05, 4.69) is 17.2 Å². The standard InChI is InChI=1S/C20H17ClN2O/c1-23-14-16(17-9-3-5-11-19(17)23)13-20(24)22-12-6-8-15-7-2-4-10-18(15)21/h2-5,7,9-11,14H,12-13H2,1H3,(H,22,24). The Balaban J connectivity index is 1.61. The highest BCUT2D eigenvalue weighted by atomic mass is 35.5. The van der Waals surface area contributed by atoms with Crippen LogP contribution in [0, 0.1) is 11.8 Å². The molecule has 1 heterocycles. The number of benzene rings is 2. The summed E-state index contributed by atoms with van der Waals surface area (Å²) in [5, 5.41) is 4.56. The molecule has 4 heteroatoms. The van der Waals surface area contributed by atoms with E-state index in [1.165, 1.54) is 0 Å². The van der Waals surface area contributed by atoms with Crippen LogP contribution < -0.4 is 5.32 Å². The summed E-state index contributed by atoms with van der Waals surface area (Å²) in [6.45, 7) is 0.300. The van der Waals surface area contributed by atoms with Crippen molar-refractivity contribution >= 4 is 28.4 Å². The van der Waals surface area contributed by atoms with Gasteiger partial charge in [-0.2, -0.15) is 0 Å². The molecule has 0 aliphatic carbocycles. The quantitative estimate of drug-likeness (QED) is 0.729. The Labute approximate surface area is 146 Å². The molecule has 0 radical (unpaired) electrons. The lowest BCUT2D eigenvalue weighted by atomic mass is 10.1. The van der Waals surface area contributed by atoms with Gasteiger partial charge < -0.3 is 9.88 Å². The zero-order valence-electron chi connectivity index (χ0n) is 13.3. The first-order valence-electron chi connectivity index (χ1n) is 7.68. The minimum atomic E-state index is -0.0418. The monoisotopic (exact) mass is 336 g/mol. The topological polar surface area (TPSA) is 34.0 Å². The van der Waals surface area contributed by atoms with Gasteiger partial charge >= 0.3 is 0 Å². The Kier molecular flexibility index (Phi) is 4.88. The van der Waals surface area contributed by atoms with Crippen molar-refractivity contribution in [2.75, 3.05) is 6.54 Å². The summed E-state index contributed by atoms with van der Waals surface area (Å²) in [4.78, 5) is 12.1. The number of nitrogens with zero attached hydrogens (tertiary/aromatic N) is 1. The van der Waals surface area contributed by atoms with E-state index in [1.54, 1.807) is 6.07 Å². The second kappa shape index (κ2) is 7.25. The highest BCUT2D eigenvalue weighted by molar-refractivity contribution is 6.31. The maximum Gasteiger partial charge on any atom is 0.225 e. The highest BCUT2D eigenvalue weighted by Gasteiger charge is 2.09. The maximum atomic E-state index is 12.1. The van der Waals surface area contributed by atoms with E-state index in [4.69, 9.17) is 11.6 Å². The van der Waals surface area contributed by atoms with Crippen LogP contribution in [0.4, 0.5) is 0 Å². The van der Waals surface area contributed by atoms with E-state index >= 15 is 0 Å². The molecule has 3 rings (SSSR count). The third-order valence-corrected chi connectivity index (χ3v) is 4.13. The number of carbonyl (C=O) groups is 1. The molecule has 24 heavy (non-hydrogen) atoms. The minimum Gasteiger partial charge on any atom is -0.350 e. The average Bonchev–Trinajstić information content (AvgIpc) is 2.89. The molecule has 0 bridgehead atoms. The third kappa shape index (κ3) is 3.61. The molecule has 0 aliphatic heterocycles. The number of nitrogens with one attached hydrogen (secondary N) is 1. The first kappa shape index (κ1) is 16.2.